The van der Waals surface area contributed by atoms with Crippen molar-refractivity contribution in [2.24, 2.45) is 0 Å². The molecule has 1 amide bonds. The first-order valence-corrected chi connectivity index (χ1v) is 12.0. The number of hydrogen-bond donors (Lipinski definition) is 2. The number of aryl methyl sites for hydroxylation is 2. The van der Waals surface area contributed by atoms with Gasteiger partial charge in [0.15, 0.2) is 5.13 Å². The Labute approximate surface area is 171 Å². The second-order valence-electron chi connectivity index (χ2n) is 6.77. The van der Waals surface area contributed by atoms with E-state index in [-0.39, 0.29) is 16.8 Å². The maximum atomic E-state index is 12.7. The zero-order chi connectivity index (χ0) is 19.9. The van der Waals surface area contributed by atoms with Crippen LogP contribution in [0, 0.1) is 13.8 Å². The summed E-state index contributed by atoms with van der Waals surface area (Å²) in [4.78, 5) is 19.6. The highest BCUT2D eigenvalue weighted by atomic mass is 32.2. The summed E-state index contributed by atoms with van der Waals surface area (Å²) < 4.78 is 27.5. The van der Waals surface area contributed by atoms with E-state index in [9.17, 15) is 13.2 Å². The van der Waals surface area contributed by atoms with Crippen molar-refractivity contribution < 1.29 is 13.2 Å². The Morgan fingerprint density at radius 1 is 1.18 bits per heavy atom. The molecule has 28 heavy (non-hydrogen) atoms. The van der Waals surface area contributed by atoms with Gasteiger partial charge in [-0.2, -0.15) is 0 Å². The summed E-state index contributed by atoms with van der Waals surface area (Å²) in [7, 11) is -3.61. The van der Waals surface area contributed by atoms with Crippen LogP contribution in [0.25, 0.3) is 10.6 Å². The van der Waals surface area contributed by atoms with E-state index in [1.54, 1.807) is 24.3 Å². The maximum absolute atomic E-state index is 12.7. The zero-order valence-electron chi connectivity index (χ0n) is 15.4. The molecule has 0 aliphatic heterocycles. The molecule has 2 N–H and O–H groups in total. The second-order valence-corrected chi connectivity index (χ2v) is 10.6. The molecule has 1 aliphatic rings. The topological polar surface area (TPSA) is 88.2 Å². The number of carbonyl (C=O) groups is 1. The molecule has 9 heteroatoms. The van der Waals surface area contributed by atoms with Crippen LogP contribution in [0.4, 0.5) is 5.13 Å². The van der Waals surface area contributed by atoms with Crippen LogP contribution in [0.3, 0.4) is 0 Å². The molecular formula is C19H19N3O3S3. The molecule has 1 fully saturated rings. The van der Waals surface area contributed by atoms with E-state index in [2.05, 4.69) is 15.0 Å². The van der Waals surface area contributed by atoms with Crippen molar-refractivity contribution in [1.29, 1.82) is 0 Å². The number of rotatable bonds is 6. The smallest absolute Gasteiger partial charge is 0.257 e. The monoisotopic (exact) mass is 433 g/mol. The standard InChI is InChI=1S/C19H19N3O3S3/c1-11-3-7-14(28(24,25)22-13-5-6-13)9-15(11)18(23)21-19-20-16(10-26-19)17-8-4-12(2)27-17/h3-4,7-10,13,22H,5-6H2,1-2H3,(H,20,21,23). The molecule has 0 bridgehead atoms. The molecule has 0 unspecified atom stereocenters. The van der Waals surface area contributed by atoms with Crippen LogP contribution in [0.5, 0.6) is 0 Å². The molecule has 4 rings (SSSR count). The Hall–Kier alpha value is -2.07. The van der Waals surface area contributed by atoms with Crippen molar-refractivity contribution in [3.63, 3.8) is 0 Å². The third kappa shape index (κ3) is 4.17. The van der Waals surface area contributed by atoms with Gasteiger partial charge in [0, 0.05) is 21.9 Å². The minimum absolute atomic E-state index is 0.0122. The number of thiazole rings is 1. The number of benzene rings is 1. The molecule has 1 aromatic carbocycles. The lowest BCUT2D eigenvalue weighted by molar-refractivity contribution is 0.102. The summed E-state index contributed by atoms with van der Waals surface area (Å²) in [5.41, 5.74) is 1.84. The molecule has 0 spiro atoms. The highest BCUT2D eigenvalue weighted by molar-refractivity contribution is 7.89. The Morgan fingerprint density at radius 2 is 1.96 bits per heavy atom. The van der Waals surface area contributed by atoms with E-state index in [0.29, 0.717) is 16.3 Å². The predicted octanol–water partition coefficient (Wildman–Crippen LogP) is 4.18. The summed E-state index contributed by atoms with van der Waals surface area (Å²) in [6, 6.07) is 8.65. The lowest BCUT2D eigenvalue weighted by atomic mass is 10.1. The van der Waals surface area contributed by atoms with Gasteiger partial charge in [0.1, 0.15) is 0 Å². The van der Waals surface area contributed by atoms with Gasteiger partial charge < -0.3 is 0 Å². The molecule has 0 saturated heterocycles. The number of nitrogens with zero attached hydrogens (tertiary/aromatic N) is 1. The molecule has 2 heterocycles. The van der Waals surface area contributed by atoms with Crippen LogP contribution in [0.1, 0.15) is 33.6 Å². The normalized spacial score (nSPS) is 14.2. The number of sulfonamides is 1. The van der Waals surface area contributed by atoms with Gasteiger partial charge in [-0.25, -0.2) is 18.1 Å². The van der Waals surface area contributed by atoms with Gasteiger partial charge in [0.25, 0.3) is 5.91 Å². The molecule has 2 aromatic heterocycles. The van der Waals surface area contributed by atoms with Crippen LogP contribution < -0.4 is 10.0 Å². The Kier molecular flexibility index (Phi) is 5.09. The summed E-state index contributed by atoms with van der Waals surface area (Å²) in [5, 5.41) is 5.16. The number of thiophene rings is 1. The highest BCUT2D eigenvalue weighted by Crippen LogP contribution is 2.31. The molecule has 0 radical (unpaired) electrons. The minimum atomic E-state index is -3.61. The average molecular weight is 434 g/mol. The van der Waals surface area contributed by atoms with Crippen molar-refractivity contribution in [3.8, 4) is 10.6 Å². The third-order valence-corrected chi connectivity index (χ3v) is 7.68. The van der Waals surface area contributed by atoms with Crippen molar-refractivity contribution in [1.82, 2.24) is 9.71 Å². The largest absolute Gasteiger partial charge is 0.298 e. The Morgan fingerprint density at radius 3 is 2.64 bits per heavy atom. The fourth-order valence-electron chi connectivity index (χ4n) is 2.68. The van der Waals surface area contributed by atoms with Gasteiger partial charge in [0.2, 0.25) is 10.0 Å². The number of amides is 1. The van der Waals surface area contributed by atoms with Gasteiger partial charge in [-0.3, -0.25) is 10.1 Å². The average Bonchev–Trinajstić information content (AvgIpc) is 3.14. The van der Waals surface area contributed by atoms with E-state index in [1.165, 1.54) is 28.3 Å². The fourth-order valence-corrected chi connectivity index (χ4v) is 5.62. The first-order valence-electron chi connectivity index (χ1n) is 8.78. The second kappa shape index (κ2) is 7.40. The van der Waals surface area contributed by atoms with Crippen LogP contribution >= 0.6 is 22.7 Å². The van der Waals surface area contributed by atoms with Crippen LogP contribution in [0.2, 0.25) is 0 Å². The summed E-state index contributed by atoms with van der Waals surface area (Å²) >= 11 is 2.99. The van der Waals surface area contributed by atoms with E-state index in [0.717, 1.165) is 23.4 Å². The summed E-state index contributed by atoms with van der Waals surface area (Å²) in [6.45, 7) is 3.81. The highest BCUT2D eigenvalue weighted by Gasteiger charge is 2.28. The van der Waals surface area contributed by atoms with Gasteiger partial charge >= 0.3 is 0 Å². The van der Waals surface area contributed by atoms with E-state index in [4.69, 9.17) is 0 Å². The minimum Gasteiger partial charge on any atom is -0.298 e. The maximum Gasteiger partial charge on any atom is 0.257 e. The van der Waals surface area contributed by atoms with Crippen molar-refractivity contribution in [2.75, 3.05) is 5.32 Å². The number of aromatic nitrogens is 1. The molecular weight excluding hydrogens is 414 g/mol. The van der Waals surface area contributed by atoms with Crippen molar-refractivity contribution >= 4 is 43.7 Å². The number of anilines is 1. The molecule has 3 aromatic rings. The van der Waals surface area contributed by atoms with Gasteiger partial charge in [-0.1, -0.05) is 6.07 Å². The number of nitrogens with one attached hydrogen (secondary N) is 2. The van der Waals surface area contributed by atoms with Crippen LogP contribution in [-0.2, 0) is 10.0 Å². The van der Waals surface area contributed by atoms with Gasteiger partial charge in [-0.15, -0.1) is 22.7 Å². The molecule has 6 nitrogen and oxygen atoms in total. The summed E-state index contributed by atoms with van der Waals surface area (Å²) in [5.74, 6) is -0.371. The molecule has 1 aliphatic carbocycles. The lowest BCUT2D eigenvalue weighted by Gasteiger charge is -2.10. The fraction of sp³-hybridized carbons (Fsp3) is 0.263. The van der Waals surface area contributed by atoms with Gasteiger partial charge in [0.05, 0.1) is 15.5 Å². The van der Waals surface area contributed by atoms with Crippen molar-refractivity contribution in [2.45, 2.75) is 37.6 Å². The van der Waals surface area contributed by atoms with E-state index in [1.807, 2.05) is 24.4 Å². The quantitative estimate of drug-likeness (QED) is 0.610. The number of carbonyl (C=O) groups excluding carboxylic acids is 1. The summed E-state index contributed by atoms with van der Waals surface area (Å²) in [6.07, 6.45) is 1.71. The van der Waals surface area contributed by atoms with E-state index >= 15 is 0 Å². The first-order chi connectivity index (χ1) is 13.3. The molecule has 1 saturated carbocycles. The van der Waals surface area contributed by atoms with Gasteiger partial charge in [-0.05, 0) is 56.5 Å². The predicted molar refractivity (Wildman–Crippen MR) is 113 cm³/mol. The SMILES string of the molecule is Cc1ccc(-c2csc(NC(=O)c3cc(S(=O)(=O)NC4CC4)ccc3C)n2)s1. The van der Waals surface area contributed by atoms with Crippen molar-refractivity contribution in [3.05, 3.63) is 51.7 Å². The van der Waals surface area contributed by atoms with E-state index < -0.39 is 10.0 Å². The number of hydrogen-bond acceptors (Lipinski definition) is 6. The molecule has 146 valence electrons. The third-order valence-electron chi connectivity index (χ3n) is 4.38. The zero-order valence-corrected chi connectivity index (χ0v) is 17.8. The first kappa shape index (κ1) is 19.3. The Balaban J connectivity index is 1.55. The lowest BCUT2D eigenvalue weighted by Crippen LogP contribution is -2.26. The Bertz CT molecular complexity index is 1140. The molecule has 0 atom stereocenters. The van der Waals surface area contributed by atoms with Crippen LogP contribution in [-0.4, -0.2) is 25.4 Å². The van der Waals surface area contributed by atoms with Crippen LogP contribution in [0.15, 0.2) is 40.6 Å².